The first-order valence-corrected chi connectivity index (χ1v) is 17.2. The quantitative estimate of drug-likeness (QED) is 0.232. The number of rotatable bonds is 8. The summed E-state index contributed by atoms with van der Waals surface area (Å²) in [6.07, 6.45) is -2.19. The lowest BCUT2D eigenvalue weighted by molar-refractivity contribution is -0.0505. The normalized spacial score (nSPS) is 20.5. The zero-order valence-corrected chi connectivity index (χ0v) is 26.8. The molecule has 2 aromatic carbocycles. The second kappa shape index (κ2) is 13.3. The number of thiocarbonyl (C=S) groups is 2. The number of ether oxygens (including phenoxy) is 3. The van der Waals surface area contributed by atoms with Crippen molar-refractivity contribution in [3.8, 4) is 0 Å². The van der Waals surface area contributed by atoms with Gasteiger partial charge in [-0.1, -0.05) is 57.2 Å². The number of aromatic nitrogens is 2. The molecule has 1 fully saturated rings. The van der Waals surface area contributed by atoms with Crippen LogP contribution in [0, 0.1) is 0 Å². The number of benzene rings is 2. The number of H-pyrrole nitrogens is 1. The molecule has 4 atom stereocenters. The summed E-state index contributed by atoms with van der Waals surface area (Å²) >= 11 is 11.1. The van der Waals surface area contributed by atoms with Gasteiger partial charge in [-0.2, -0.15) is 0 Å². The van der Waals surface area contributed by atoms with E-state index in [-0.39, 0.29) is 22.0 Å². The molecule has 3 aromatic rings. The Morgan fingerprint density at radius 1 is 0.905 bits per heavy atom. The molecule has 0 bridgehead atoms. The fourth-order valence-corrected chi connectivity index (χ4v) is 5.53. The van der Waals surface area contributed by atoms with Gasteiger partial charge in [0.05, 0.1) is 6.61 Å². The lowest BCUT2D eigenvalue weighted by Crippen LogP contribution is -2.46. The van der Waals surface area contributed by atoms with Crippen LogP contribution in [0.4, 0.5) is 11.4 Å². The zero-order chi connectivity index (χ0) is 30.5. The third-order valence-corrected chi connectivity index (χ3v) is 12.2. The molecule has 1 aliphatic rings. The summed E-state index contributed by atoms with van der Waals surface area (Å²) in [5.41, 5.74) is 0.253. The second-order valence-corrected chi connectivity index (χ2v) is 16.9. The molecule has 4 rings (SSSR count). The van der Waals surface area contributed by atoms with Crippen molar-refractivity contribution < 1.29 is 18.6 Å². The van der Waals surface area contributed by atoms with Crippen LogP contribution < -0.4 is 21.9 Å². The number of hydrogen-bond donors (Lipinski definition) is 3. The van der Waals surface area contributed by atoms with Crippen LogP contribution in [0.5, 0.6) is 0 Å². The Balaban J connectivity index is 1.67. The molecule has 1 saturated heterocycles. The van der Waals surface area contributed by atoms with E-state index in [2.05, 4.69) is 49.5 Å². The molecule has 42 heavy (non-hydrogen) atoms. The van der Waals surface area contributed by atoms with Gasteiger partial charge in [0.15, 0.2) is 26.8 Å². The molecule has 0 radical (unpaired) electrons. The minimum absolute atomic E-state index is 0.0405. The average Bonchev–Trinajstić information content (AvgIpc) is 3.24. The number of para-hydroxylation sites is 2. The van der Waals surface area contributed by atoms with Gasteiger partial charge in [0.25, 0.3) is 15.9 Å². The van der Waals surface area contributed by atoms with Gasteiger partial charge >= 0.3 is 5.69 Å². The van der Waals surface area contributed by atoms with Crippen LogP contribution in [0.15, 0.2) is 82.5 Å². The first kappa shape index (κ1) is 31.6. The SMILES string of the molecule is CC(C)(C)[Si](C)(C)OC[C@H]1O[C@@H](n2ccc(=O)[nH]c2=O)[C@H](OC(=S)Nc2ccccc2)[C@@H]1OC(=S)Nc1ccccc1. The van der Waals surface area contributed by atoms with Crippen LogP contribution in [-0.4, -0.2) is 53.1 Å². The van der Waals surface area contributed by atoms with E-state index in [1.165, 1.54) is 16.8 Å². The Labute approximate surface area is 256 Å². The lowest BCUT2D eigenvalue weighted by atomic mass is 10.1. The molecule has 1 aliphatic heterocycles. The maximum Gasteiger partial charge on any atom is 0.330 e. The molecule has 2 heterocycles. The monoisotopic (exact) mass is 628 g/mol. The van der Waals surface area contributed by atoms with Crippen molar-refractivity contribution in [1.82, 2.24) is 9.55 Å². The molecular weight excluding hydrogens is 593 g/mol. The second-order valence-electron chi connectivity index (χ2n) is 11.4. The molecule has 0 aliphatic carbocycles. The first-order chi connectivity index (χ1) is 19.8. The molecule has 0 spiro atoms. The van der Waals surface area contributed by atoms with E-state index in [4.69, 9.17) is 43.1 Å². The van der Waals surface area contributed by atoms with Crippen LogP contribution in [0.2, 0.25) is 18.1 Å². The zero-order valence-electron chi connectivity index (χ0n) is 24.2. The number of aromatic amines is 1. The molecule has 1 aromatic heterocycles. The Kier molecular flexibility index (Phi) is 10.00. The fraction of sp³-hybridized carbons (Fsp3) is 0.379. The summed E-state index contributed by atoms with van der Waals surface area (Å²) < 4.78 is 26.7. The lowest BCUT2D eigenvalue weighted by Gasteiger charge is -2.37. The number of nitrogens with zero attached hydrogens (tertiary/aromatic N) is 1. The van der Waals surface area contributed by atoms with Crippen molar-refractivity contribution in [3.05, 3.63) is 93.8 Å². The maximum absolute atomic E-state index is 12.9. The molecule has 224 valence electrons. The van der Waals surface area contributed by atoms with Crippen molar-refractivity contribution in [2.75, 3.05) is 17.2 Å². The fourth-order valence-electron chi connectivity index (χ4n) is 4.05. The maximum atomic E-state index is 12.9. The van der Waals surface area contributed by atoms with Crippen LogP contribution >= 0.6 is 24.4 Å². The summed E-state index contributed by atoms with van der Waals surface area (Å²) in [5.74, 6) is 0. The molecular formula is C29H36N4O6S2Si. The van der Waals surface area contributed by atoms with Gasteiger partial charge in [-0.25, -0.2) is 4.79 Å². The van der Waals surface area contributed by atoms with Crippen molar-refractivity contribution in [2.45, 2.75) is 63.4 Å². The molecule has 0 saturated carbocycles. The Morgan fingerprint density at radius 2 is 1.43 bits per heavy atom. The van der Waals surface area contributed by atoms with Gasteiger partial charge in [-0.3, -0.25) is 14.3 Å². The average molecular weight is 629 g/mol. The largest absolute Gasteiger partial charge is 0.460 e. The van der Waals surface area contributed by atoms with Gasteiger partial charge in [0.1, 0.15) is 6.10 Å². The predicted octanol–water partition coefficient (Wildman–Crippen LogP) is 5.02. The topological polar surface area (TPSA) is 116 Å². The van der Waals surface area contributed by atoms with Crippen molar-refractivity contribution in [2.24, 2.45) is 0 Å². The number of hydrogen-bond acceptors (Lipinski definition) is 8. The van der Waals surface area contributed by atoms with E-state index in [1.807, 2.05) is 60.7 Å². The predicted molar refractivity (Wildman–Crippen MR) is 173 cm³/mol. The smallest absolute Gasteiger partial charge is 0.330 e. The Morgan fingerprint density at radius 3 is 1.93 bits per heavy atom. The number of anilines is 2. The highest BCUT2D eigenvalue weighted by Crippen LogP contribution is 2.39. The van der Waals surface area contributed by atoms with Gasteiger partial charge < -0.3 is 29.3 Å². The van der Waals surface area contributed by atoms with Crippen molar-refractivity contribution in [3.63, 3.8) is 0 Å². The number of nitrogens with one attached hydrogen (secondary N) is 3. The van der Waals surface area contributed by atoms with E-state index in [0.717, 1.165) is 11.4 Å². The highest BCUT2D eigenvalue weighted by Gasteiger charge is 2.51. The molecule has 10 nitrogen and oxygen atoms in total. The van der Waals surface area contributed by atoms with Gasteiger partial charge in [0, 0.05) is 23.6 Å². The van der Waals surface area contributed by atoms with Gasteiger partial charge in [-0.05, 0) is 66.8 Å². The minimum Gasteiger partial charge on any atom is -0.460 e. The van der Waals surface area contributed by atoms with Gasteiger partial charge in [0.2, 0.25) is 0 Å². The van der Waals surface area contributed by atoms with Crippen LogP contribution in [0.3, 0.4) is 0 Å². The third kappa shape index (κ3) is 7.92. The molecule has 0 unspecified atom stereocenters. The Hall–Kier alpha value is -3.36. The van der Waals surface area contributed by atoms with E-state index >= 15 is 0 Å². The van der Waals surface area contributed by atoms with Gasteiger partial charge in [-0.15, -0.1) is 0 Å². The summed E-state index contributed by atoms with van der Waals surface area (Å²) in [7, 11) is -2.21. The molecule has 3 N–H and O–H groups in total. The highest BCUT2D eigenvalue weighted by molar-refractivity contribution is 7.80. The summed E-state index contributed by atoms with van der Waals surface area (Å²) in [4.78, 5) is 27.0. The van der Waals surface area contributed by atoms with Crippen LogP contribution in [0.25, 0.3) is 0 Å². The van der Waals surface area contributed by atoms with E-state index < -0.39 is 44.1 Å². The van der Waals surface area contributed by atoms with Crippen molar-refractivity contribution >= 4 is 54.5 Å². The van der Waals surface area contributed by atoms with Crippen LogP contribution in [-0.2, 0) is 18.6 Å². The first-order valence-electron chi connectivity index (χ1n) is 13.5. The van der Waals surface area contributed by atoms with E-state index in [9.17, 15) is 9.59 Å². The summed E-state index contributed by atoms with van der Waals surface area (Å²) in [5, 5.41) is 6.19. The van der Waals surface area contributed by atoms with Crippen LogP contribution in [0.1, 0.15) is 27.0 Å². The third-order valence-electron chi connectivity index (χ3n) is 7.35. The molecule has 0 amide bonds. The minimum atomic E-state index is -2.21. The van der Waals surface area contributed by atoms with Crippen molar-refractivity contribution in [1.29, 1.82) is 0 Å². The van der Waals surface area contributed by atoms with E-state index in [1.54, 1.807) is 0 Å². The Bertz CT molecular complexity index is 1490. The van der Waals surface area contributed by atoms with E-state index in [0.29, 0.717) is 0 Å². The highest BCUT2D eigenvalue weighted by atomic mass is 32.1. The summed E-state index contributed by atoms with van der Waals surface area (Å²) in [6, 6.07) is 19.9. The summed E-state index contributed by atoms with van der Waals surface area (Å²) in [6.45, 7) is 10.9. The standard InChI is InChI=1S/C29H36N4O6S2Si/c1-29(2,3)42(4,5)36-18-21-23(38-27(40)30-19-12-8-6-9-13-19)24(39-28(41)31-20-14-10-7-11-15-20)25(37-21)33-17-16-22(34)32-26(33)35/h6-17,21,23-25H,18H2,1-5H3,(H,30,40)(H,31,41)(H,32,34,35)/t21-,23-,24-,25-/m1/s1. The molecule has 13 heteroatoms.